The molecule has 1 aliphatic heterocycles. The minimum atomic E-state index is -3.16. The summed E-state index contributed by atoms with van der Waals surface area (Å²) in [5.74, 6) is 0.792. The molecule has 1 aliphatic rings. The highest BCUT2D eigenvalue weighted by Crippen LogP contribution is 2.20. The van der Waals surface area contributed by atoms with Gasteiger partial charge in [0, 0.05) is 49.6 Å². The van der Waals surface area contributed by atoms with Gasteiger partial charge in [-0.3, -0.25) is 4.99 Å². The number of hydrogen-bond donors (Lipinski definition) is 1. The second kappa shape index (κ2) is 8.55. The maximum absolute atomic E-state index is 11.9. The van der Waals surface area contributed by atoms with E-state index in [1.165, 1.54) is 11.9 Å². The van der Waals surface area contributed by atoms with Gasteiger partial charge in [-0.1, -0.05) is 0 Å². The molecule has 0 saturated carbocycles. The molecule has 1 atom stereocenters. The number of nitrogens with one attached hydrogen (secondary N) is 1. The Bertz CT molecular complexity index is 716. The van der Waals surface area contributed by atoms with Gasteiger partial charge in [0.05, 0.1) is 19.3 Å². The van der Waals surface area contributed by atoms with Crippen LogP contribution in [0.25, 0.3) is 0 Å². The van der Waals surface area contributed by atoms with Crippen molar-refractivity contribution in [3.05, 3.63) is 22.4 Å². The lowest BCUT2D eigenvalue weighted by Crippen LogP contribution is -2.41. The maximum Gasteiger partial charge on any atom is 0.211 e. The van der Waals surface area contributed by atoms with Crippen LogP contribution >= 0.6 is 15.9 Å². The first-order chi connectivity index (χ1) is 11.7. The van der Waals surface area contributed by atoms with Gasteiger partial charge in [-0.25, -0.2) is 8.42 Å². The Morgan fingerprint density at radius 2 is 2.24 bits per heavy atom. The summed E-state index contributed by atoms with van der Waals surface area (Å²) in [5, 5.41) is 3.29. The third kappa shape index (κ3) is 5.46. The van der Waals surface area contributed by atoms with E-state index in [1.807, 2.05) is 27.2 Å². The number of aliphatic imine (C=N–C) groups is 1. The molecule has 2 heterocycles. The van der Waals surface area contributed by atoms with E-state index >= 15 is 0 Å². The molecule has 0 bridgehead atoms. The molecule has 142 valence electrons. The zero-order valence-corrected chi connectivity index (χ0v) is 17.8. The summed E-state index contributed by atoms with van der Waals surface area (Å²) in [6, 6.07) is 2.05. The Kier molecular flexibility index (Phi) is 6.93. The quantitative estimate of drug-likeness (QED) is 0.546. The number of hydrogen-bond acceptors (Lipinski definition) is 3. The van der Waals surface area contributed by atoms with Crippen molar-refractivity contribution < 1.29 is 8.42 Å². The lowest BCUT2D eigenvalue weighted by atomic mass is 10.2. The first-order valence-electron chi connectivity index (χ1n) is 8.49. The van der Waals surface area contributed by atoms with Crippen LogP contribution in [0.5, 0.6) is 0 Å². The number of rotatable bonds is 6. The van der Waals surface area contributed by atoms with Crippen LogP contribution in [0.2, 0.25) is 0 Å². The molecule has 7 nitrogen and oxygen atoms in total. The summed E-state index contributed by atoms with van der Waals surface area (Å²) >= 11 is 3.49. The van der Waals surface area contributed by atoms with Crippen molar-refractivity contribution in [2.24, 2.45) is 12.0 Å². The average molecular weight is 434 g/mol. The maximum atomic E-state index is 11.9. The fraction of sp³-hybridized carbons (Fsp3) is 0.688. The van der Waals surface area contributed by atoms with Crippen LogP contribution in [0.1, 0.15) is 25.5 Å². The molecule has 0 unspecified atom stereocenters. The zero-order chi connectivity index (χ0) is 18.6. The second-order valence-electron chi connectivity index (χ2n) is 6.48. The Morgan fingerprint density at radius 3 is 2.80 bits per heavy atom. The van der Waals surface area contributed by atoms with Crippen LogP contribution in [-0.2, 0) is 23.6 Å². The summed E-state index contributed by atoms with van der Waals surface area (Å²) in [6.45, 7) is 4.59. The molecule has 9 heteroatoms. The third-order valence-corrected chi connectivity index (χ3v) is 6.14. The van der Waals surface area contributed by atoms with Crippen molar-refractivity contribution >= 4 is 31.9 Å². The fourth-order valence-corrected chi connectivity index (χ4v) is 4.88. The fourth-order valence-electron chi connectivity index (χ4n) is 3.13. The first kappa shape index (κ1) is 20.3. The molecule has 0 aliphatic carbocycles. The number of halogens is 1. The normalized spacial score (nSPS) is 19.4. The van der Waals surface area contributed by atoms with Gasteiger partial charge in [0.15, 0.2) is 5.96 Å². The molecular formula is C16H28BrN5O2S. The standard InChI is InChI=1S/C16H28BrN5O2S/c1-5-18-16(21(3)12-15-9-13(17)11-20(15)2)19-10-14-7-6-8-22(14)25(4,23)24/h9,11,14H,5-8,10,12H2,1-4H3,(H,18,19)/t14-/m1/s1. The summed E-state index contributed by atoms with van der Waals surface area (Å²) in [4.78, 5) is 6.76. The van der Waals surface area contributed by atoms with Gasteiger partial charge in [0.2, 0.25) is 10.0 Å². The van der Waals surface area contributed by atoms with E-state index in [4.69, 9.17) is 4.99 Å². The van der Waals surface area contributed by atoms with E-state index in [9.17, 15) is 8.42 Å². The highest BCUT2D eigenvalue weighted by Gasteiger charge is 2.31. The number of aryl methyl sites for hydroxylation is 1. The van der Waals surface area contributed by atoms with Gasteiger partial charge in [-0.15, -0.1) is 0 Å². The van der Waals surface area contributed by atoms with Gasteiger partial charge in [-0.2, -0.15) is 4.31 Å². The van der Waals surface area contributed by atoms with Crippen molar-refractivity contribution in [3.63, 3.8) is 0 Å². The van der Waals surface area contributed by atoms with Crippen molar-refractivity contribution in [2.75, 3.05) is 32.9 Å². The molecule has 1 fully saturated rings. The van der Waals surface area contributed by atoms with Gasteiger partial charge in [0.25, 0.3) is 0 Å². The molecular weight excluding hydrogens is 406 g/mol. The van der Waals surface area contributed by atoms with E-state index in [0.29, 0.717) is 19.6 Å². The minimum Gasteiger partial charge on any atom is -0.357 e. The second-order valence-corrected chi connectivity index (χ2v) is 9.33. The zero-order valence-electron chi connectivity index (χ0n) is 15.4. The molecule has 0 aromatic carbocycles. The van der Waals surface area contributed by atoms with Crippen LogP contribution < -0.4 is 5.32 Å². The van der Waals surface area contributed by atoms with Gasteiger partial charge < -0.3 is 14.8 Å². The van der Waals surface area contributed by atoms with E-state index in [1.54, 1.807) is 4.31 Å². The number of nitrogens with zero attached hydrogens (tertiary/aromatic N) is 4. The molecule has 2 rings (SSSR count). The minimum absolute atomic E-state index is 0.0405. The smallest absolute Gasteiger partial charge is 0.211 e. The summed E-state index contributed by atoms with van der Waals surface area (Å²) in [7, 11) is 0.844. The van der Waals surface area contributed by atoms with Crippen molar-refractivity contribution in [3.8, 4) is 0 Å². The Morgan fingerprint density at radius 1 is 1.52 bits per heavy atom. The van der Waals surface area contributed by atoms with Crippen LogP contribution in [0.3, 0.4) is 0 Å². The predicted molar refractivity (Wildman–Crippen MR) is 105 cm³/mol. The average Bonchev–Trinajstić information content (AvgIpc) is 3.10. The van der Waals surface area contributed by atoms with Gasteiger partial charge in [-0.05, 0) is 41.8 Å². The van der Waals surface area contributed by atoms with E-state index in [0.717, 1.165) is 29.8 Å². The van der Waals surface area contributed by atoms with E-state index < -0.39 is 10.0 Å². The molecule has 1 N–H and O–H groups in total. The SMILES string of the molecule is CCNC(=NC[C@H]1CCCN1S(C)(=O)=O)N(C)Cc1cc(Br)cn1C. The van der Waals surface area contributed by atoms with Gasteiger partial charge in [0.1, 0.15) is 0 Å². The largest absolute Gasteiger partial charge is 0.357 e. The monoisotopic (exact) mass is 433 g/mol. The predicted octanol–water partition coefficient (Wildman–Crippen LogP) is 1.61. The topological polar surface area (TPSA) is 69.9 Å². The van der Waals surface area contributed by atoms with Crippen LogP contribution in [0, 0.1) is 0 Å². The summed E-state index contributed by atoms with van der Waals surface area (Å²) in [5.41, 5.74) is 1.17. The van der Waals surface area contributed by atoms with Crippen LogP contribution in [0.15, 0.2) is 21.7 Å². The van der Waals surface area contributed by atoms with E-state index in [2.05, 4.69) is 36.8 Å². The Hall–Kier alpha value is -1.06. The van der Waals surface area contributed by atoms with Crippen molar-refractivity contribution in [1.29, 1.82) is 0 Å². The third-order valence-electron chi connectivity index (χ3n) is 4.37. The summed E-state index contributed by atoms with van der Waals surface area (Å²) < 4.78 is 28.5. The molecule has 0 spiro atoms. The molecule has 25 heavy (non-hydrogen) atoms. The van der Waals surface area contributed by atoms with Crippen LogP contribution in [-0.4, -0.2) is 67.1 Å². The number of guanidine groups is 1. The number of sulfonamides is 1. The number of aromatic nitrogens is 1. The van der Waals surface area contributed by atoms with Gasteiger partial charge >= 0.3 is 0 Å². The van der Waals surface area contributed by atoms with Crippen molar-refractivity contribution in [1.82, 2.24) is 19.1 Å². The van der Waals surface area contributed by atoms with E-state index in [-0.39, 0.29) is 6.04 Å². The Labute approximate surface area is 159 Å². The molecule has 1 aromatic heterocycles. The Balaban J connectivity index is 2.08. The lowest BCUT2D eigenvalue weighted by Gasteiger charge is -2.24. The summed E-state index contributed by atoms with van der Waals surface area (Å²) in [6.07, 6.45) is 5.07. The van der Waals surface area contributed by atoms with Crippen LogP contribution in [0.4, 0.5) is 0 Å². The highest BCUT2D eigenvalue weighted by molar-refractivity contribution is 9.10. The first-order valence-corrected chi connectivity index (χ1v) is 11.1. The molecule has 0 amide bonds. The lowest BCUT2D eigenvalue weighted by molar-refractivity contribution is 0.393. The highest BCUT2D eigenvalue weighted by atomic mass is 79.9. The molecule has 1 saturated heterocycles. The molecule has 0 radical (unpaired) electrons. The molecule has 1 aromatic rings. The van der Waals surface area contributed by atoms with Crippen molar-refractivity contribution in [2.45, 2.75) is 32.4 Å².